The summed E-state index contributed by atoms with van der Waals surface area (Å²) in [5, 5.41) is 12.7. The summed E-state index contributed by atoms with van der Waals surface area (Å²) >= 11 is 1.25. The van der Waals surface area contributed by atoms with E-state index in [1.54, 1.807) is 0 Å². The molecule has 21 heavy (non-hydrogen) atoms. The summed E-state index contributed by atoms with van der Waals surface area (Å²) in [7, 11) is 0. The monoisotopic (exact) mass is 314 g/mol. The van der Waals surface area contributed by atoms with E-state index in [1.165, 1.54) is 11.8 Å². The van der Waals surface area contributed by atoms with E-state index in [0.29, 0.717) is 30.0 Å². The number of nitrogens with zero attached hydrogens (tertiary/aromatic N) is 2. The molecular weight excluding hydrogens is 292 g/mol. The highest BCUT2D eigenvalue weighted by Gasteiger charge is 2.40. The van der Waals surface area contributed by atoms with E-state index in [1.807, 2.05) is 6.92 Å². The van der Waals surface area contributed by atoms with Gasteiger partial charge in [-0.1, -0.05) is 12.1 Å². The number of aliphatic carboxylic acids is 1. The molecule has 0 amide bonds. The van der Waals surface area contributed by atoms with Gasteiger partial charge in [0.05, 0.1) is 11.5 Å². The summed E-state index contributed by atoms with van der Waals surface area (Å²) in [4.78, 5) is 14.9. The molecule has 0 aliphatic heterocycles. The third-order valence-electron chi connectivity index (χ3n) is 3.83. The minimum atomic E-state index is -0.841. The number of ether oxygens (including phenoxy) is 1. The molecule has 2 rings (SSSR count). The van der Waals surface area contributed by atoms with Crippen LogP contribution in [0.5, 0.6) is 0 Å². The van der Waals surface area contributed by atoms with Crippen LogP contribution in [0.15, 0.2) is 4.52 Å². The van der Waals surface area contributed by atoms with Gasteiger partial charge >= 0.3 is 5.97 Å². The zero-order chi connectivity index (χ0) is 15.3. The molecule has 0 radical (unpaired) electrons. The first-order valence-electron chi connectivity index (χ1n) is 7.32. The van der Waals surface area contributed by atoms with Gasteiger partial charge in [-0.3, -0.25) is 4.79 Å². The van der Waals surface area contributed by atoms with Crippen LogP contribution >= 0.6 is 11.8 Å². The molecule has 118 valence electrons. The first-order valence-corrected chi connectivity index (χ1v) is 8.48. The van der Waals surface area contributed by atoms with Crippen LogP contribution in [0.4, 0.5) is 0 Å². The highest BCUT2D eigenvalue weighted by atomic mass is 32.2. The van der Waals surface area contributed by atoms with Crippen molar-refractivity contribution in [1.29, 1.82) is 0 Å². The molecule has 0 spiro atoms. The molecule has 1 aliphatic rings. The number of rotatable bonds is 7. The van der Waals surface area contributed by atoms with Crippen LogP contribution in [0, 0.1) is 5.92 Å². The van der Waals surface area contributed by atoms with Crippen molar-refractivity contribution in [3.8, 4) is 0 Å². The van der Waals surface area contributed by atoms with Crippen molar-refractivity contribution < 1.29 is 19.2 Å². The molecule has 1 heterocycles. The quantitative estimate of drug-likeness (QED) is 0.828. The van der Waals surface area contributed by atoms with Gasteiger partial charge in [0.25, 0.3) is 0 Å². The van der Waals surface area contributed by atoms with Gasteiger partial charge < -0.3 is 14.4 Å². The van der Waals surface area contributed by atoms with Gasteiger partial charge in [-0.25, -0.2) is 0 Å². The van der Waals surface area contributed by atoms with E-state index >= 15 is 0 Å². The number of hydrogen-bond acceptors (Lipinski definition) is 6. The highest BCUT2D eigenvalue weighted by Crippen LogP contribution is 2.41. The topological polar surface area (TPSA) is 85.5 Å². The van der Waals surface area contributed by atoms with Gasteiger partial charge in [0.2, 0.25) is 11.7 Å². The van der Waals surface area contributed by atoms with Crippen LogP contribution < -0.4 is 0 Å². The van der Waals surface area contributed by atoms with Gasteiger partial charge in [0.1, 0.15) is 5.60 Å². The van der Waals surface area contributed by atoms with E-state index in [2.05, 4.69) is 17.1 Å². The molecule has 0 aromatic carbocycles. The van der Waals surface area contributed by atoms with Gasteiger partial charge in [-0.15, -0.1) is 11.8 Å². The molecule has 1 saturated carbocycles. The molecule has 0 unspecified atom stereocenters. The van der Waals surface area contributed by atoms with Crippen molar-refractivity contribution in [2.45, 2.75) is 50.9 Å². The van der Waals surface area contributed by atoms with Crippen LogP contribution in [0.1, 0.15) is 51.2 Å². The Labute approximate surface area is 128 Å². The largest absolute Gasteiger partial charge is 0.481 e. The van der Waals surface area contributed by atoms with Crippen LogP contribution in [0.2, 0.25) is 0 Å². The van der Waals surface area contributed by atoms with Crippen LogP contribution in [0.25, 0.3) is 0 Å². The standard InChI is InChI=1S/C14H22N2O4S/c1-3-19-14(6-4-10(2)5-7-14)13-15-11(20-16-13)8-21-9-12(17)18/h10H,3-9H2,1-2H3,(H,17,18). The van der Waals surface area contributed by atoms with Gasteiger partial charge in [-0.2, -0.15) is 4.98 Å². The van der Waals surface area contributed by atoms with Crippen molar-refractivity contribution in [2.24, 2.45) is 5.92 Å². The fourth-order valence-electron chi connectivity index (χ4n) is 2.66. The summed E-state index contributed by atoms with van der Waals surface area (Å²) < 4.78 is 11.2. The maximum absolute atomic E-state index is 10.5. The summed E-state index contributed by atoms with van der Waals surface area (Å²) in [6.45, 7) is 4.84. The van der Waals surface area contributed by atoms with E-state index in [9.17, 15) is 4.79 Å². The number of carbonyl (C=O) groups is 1. The molecule has 0 bridgehead atoms. The number of carboxylic acid groups (broad SMARTS) is 1. The van der Waals surface area contributed by atoms with Gasteiger partial charge in [-0.05, 0) is 38.5 Å². The van der Waals surface area contributed by atoms with E-state index in [-0.39, 0.29) is 5.75 Å². The van der Waals surface area contributed by atoms with E-state index in [0.717, 1.165) is 25.7 Å². The molecule has 1 aromatic heterocycles. The maximum atomic E-state index is 10.5. The summed E-state index contributed by atoms with van der Waals surface area (Å²) in [6, 6.07) is 0. The predicted octanol–water partition coefficient (Wildman–Crippen LogP) is 2.83. The lowest BCUT2D eigenvalue weighted by atomic mass is 9.79. The van der Waals surface area contributed by atoms with Crippen LogP contribution in [-0.2, 0) is 20.9 Å². The SMILES string of the molecule is CCOC1(c2noc(CSCC(=O)O)n2)CCC(C)CC1. The lowest BCUT2D eigenvalue weighted by Crippen LogP contribution is -2.35. The second-order valence-electron chi connectivity index (χ2n) is 5.51. The molecule has 0 saturated heterocycles. The number of carboxylic acids is 1. The average Bonchev–Trinajstić information content (AvgIpc) is 2.91. The second kappa shape index (κ2) is 7.26. The maximum Gasteiger partial charge on any atom is 0.313 e. The molecule has 6 nitrogen and oxygen atoms in total. The Balaban J connectivity index is 2.04. The Morgan fingerprint density at radius 3 is 2.86 bits per heavy atom. The Morgan fingerprint density at radius 2 is 2.24 bits per heavy atom. The smallest absolute Gasteiger partial charge is 0.313 e. The Kier molecular flexibility index (Phi) is 5.64. The number of aromatic nitrogens is 2. The van der Waals surface area contributed by atoms with Gasteiger partial charge in [0.15, 0.2) is 0 Å². The highest BCUT2D eigenvalue weighted by molar-refractivity contribution is 7.99. The lowest BCUT2D eigenvalue weighted by molar-refractivity contribution is -0.133. The van der Waals surface area contributed by atoms with E-state index in [4.69, 9.17) is 14.4 Å². The van der Waals surface area contributed by atoms with Crippen molar-refractivity contribution in [2.75, 3.05) is 12.4 Å². The number of hydrogen-bond donors (Lipinski definition) is 1. The summed E-state index contributed by atoms with van der Waals surface area (Å²) in [5.74, 6) is 1.39. The second-order valence-corrected chi connectivity index (χ2v) is 6.49. The summed E-state index contributed by atoms with van der Waals surface area (Å²) in [5.41, 5.74) is -0.430. The Morgan fingerprint density at radius 1 is 1.52 bits per heavy atom. The molecule has 1 aromatic rings. The summed E-state index contributed by atoms with van der Waals surface area (Å²) in [6.07, 6.45) is 4.00. The molecule has 1 N–H and O–H groups in total. The van der Waals surface area contributed by atoms with Crippen molar-refractivity contribution in [3.63, 3.8) is 0 Å². The average molecular weight is 314 g/mol. The zero-order valence-corrected chi connectivity index (χ0v) is 13.3. The molecule has 0 atom stereocenters. The minimum absolute atomic E-state index is 0.0336. The molecular formula is C14H22N2O4S. The van der Waals surface area contributed by atoms with Crippen LogP contribution in [0.3, 0.4) is 0 Å². The van der Waals surface area contributed by atoms with Crippen molar-refractivity contribution >= 4 is 17.7 Å². The molecule has 1 fully saturated rings. The Bertz CT molecular complexity index is 469. The van der Waals surface area contributed by atoms with Crippen molar-refractivity contribution in [3.05, 3.63) is 11.7 Å². The first-order chi connectivity index (χ1) is 10.1. The minimum Gasteiger partial charge on any atom is -0.481 e. The molecule has 7 heteroatoms. The van der Waals surface area contributed by atoms with Gasteiger partial charge in [0, 0.05) is 6.61 Å². The first kappa shape index (κ1) is 16.3. The predicted molar refractivity (Wildman–Crippen MR) is 79.0 cm³/mol. The fraction of sp³-hybridized carbons (Fsp3) is 0.786. The third-order valence-corrected chi connectivity index (χ3v) is 4.73. The normalized spacial score (nSPS) is 25.9. The fourth-order valence-corrected chi connectivity index (χ4v) is 3.23. The van der Waals surface area contributed by atoms with E-state index < -0.39 is 11.6 Å². The lowest BCUT2D eigenvalue weighted by Gasteiger charge is -2.36. The zero-order valence-electron chi connectivity index (χ0n) is 12.5. The number of thioether (sulfide) groups is 1. The Hall–Kier alpha value is -1.08. The van der Waals surface area contributed by atoms with Crippen molar-refractivity contribution in [1.82, 2.24) is 10.1 Å². The van der Waals surface area contributed by atoms with Crippen LogP contribution in [-0.4, -0.2) is 33.6 Å². The third kappa shape index (κ3) is 4.20. The molecule has 1 aliphatic carbocycles.